The summed E-state index contributed by atoms with van der Waals surface area (Å²) in [5, 5.41) is 2.21. The Morgan fingerprint density at radius 2 is 1.77 bits per heavy atom. The zero-order chi connectivity index (χ0) is 15.4. The van der Waals surface area contributed by atoms with Crippen LogP contribution in [0.1, 0.15) is 23.0 Å². The summed E-state index contributed by atoms with van der Waals surface area (Å²) in [5.41, 5.74) is 1.66. The molecule has 2 nitrogen and oxygen atoms in total. The predicted molar refractivity (Wildman–Crippen MR) is 89.8 cm³/mol. The molecule has 0 amide bonds. The SMILES string of the molecule is CC(/C=C/C(=O)c1ccc2ccccc2c1)=C\c1ccco1. The van der Waals surface area contributed by atoms with Gasteiger partial charge < -0.3 is 4.42 Å². The largest absolute Gasteiger partial charge is 0.465 e. The molecule has 3 rings (SSSR count). The Morgan fingerprint density at radius 3 is 2.55 bits per heavy atom. The third-order valence-corrected chi connectivity index (χ3v) is 3.44. The lowest BCUT2D eigenvalue weighted by Crippen LogP contribution is -1.94. The first-order valence-electron chi connectivity index (χ1n) is 7.15. The maximum atomic E-state index is 12.3. The van der Waals surface area contributed by atoms with Crippen molar-refractivity contribution in [2.45, 2.75) is 6.92 Å². The standard InChI is InChI=1S/C20H16O2/c1-15(13-19-7-4-12-22-19)8-11-20(21)18-10-9-16-5-2-3-6-17(16)14-18/h2-14H,1H3/b11-8+,15-13+. The second kappa shape index (κ2) is 6.27. The molecule has 0 fully saturated rings. The molecule has 1 aromatic heterocycles. The van der Waals surface area contributed by atoms with Crippen molar-refractivity contribution in [3.8, 4) is 0 Å². The van der Waals surface area contributed by atoms with E-state index in [4.69, 9.17) is 4.42 Å². The average Bonchev–Trinajstić information content (AvgIpc) is 3.05. The van der Waals surface area contributed by atoms with Crippen LogP contribution in [0.25, 0.3) is 16.8 Å². The Morgan fingerprint density at radius 1 is 0.955 bits per heavy atom. The Bertz CT molecular complexity index is 852. The summed E-state index contributed by atoms with van der Waals surface area (Å²) in [4.78, 5) is 12.3. The lowest BCUT2D eigenvalue weighted by Gasteiger charge is -2.00. The smallest absolute Gasteiger partial charge is 0.185 e. The van der Waals surface area contributed by atoms with Gasteiger partial charge in [-0.25, -0.2) is 0 Å². The second-order valence-corrected chi connectivity index (χ2v) is 5.16. The van der Waals surface area contributed by atoms with E-state index in [-0.39, 0.29) is 5.78 Å². The van der Waals surface area contributed by atoms with Gasteiger partial charge in [0.25, 0.3) is 0 Å². The van der Waals surface area contributed by atoms with Gasteiger partial charge in [-0.2, -0.15) is 0 Å². The molecule has 0 N–H and O–H groups in total. The van der Waals surface area contributed by atoms with Crippen molar-refractivity contribution in [3.05, 3.63) is 89.9 Å². The second-order valence-electron chi connectivity index (χ2n) is 5.16. The highest BCUT2D eigenvalue weighted by molar-refractivity contribution is 6.07. The maximum absolute atomic E-state index is 12.3. The van der Waals surface area contributed by atoms with Crippen LogP contribution in [0.3, 0.4) is 0 Å². The van der Waals surface area contributed by atoms with Gasteiger partial charge in [-0.3, -0.25) is 4.79 Å². The first-order chi connectivity index (χ1) is 10.7. The van der Waals surface area contributed by atoms with Crippen LogP contribution < -0.4 is 0 Å². The van der Waals surface area contributed by atoms with Crippen molar-refractivity contribution in [1.29, 1.82) is 0 Å². The topological polar surface area (TPSA) is 30.2 Å². The average molecular weight is 288 g/mol. The Labute approximate surface area is 129 Å². The van der Waals surface area contributed by atoms with Crippen molar-refractivity contribution in [2.24, 2.45) is 0 Å². The number of hydrogen-bond donors (Lipinski definition) is 0. The van der Waals surface area contributed by atoms with Crippen LogP contribution in [0.2, 0.25) is 0 Å². The van der Waals surface area contributed by atoms with Gasteiger partial charge in [-0.15, -0.1) is 0 Å². The van der Waals surface area contributed by atoms with Gasteiger partial charge in [-0.05, 0) is 53.6 Å². The highest BCUT2D eigenvalue weighted by Gasteiger charge is 2.02. The number of fused-ring (bicyclic) bond motifs is 1. The van der Waals surface area contributed by atoms with Crippen molar-refractivity contribution in [2.75, 3.05) is 0 Å². The highest BCUT2D eigenvalue weighted by atomic mass is 16.3. The van der Waals surface area contributed by atoms with Gasteiger partial charge in [0.2, 0.25) is 0 Å². The monoisotopic (exact) mass is 288 g/mol. The molecule has 2 heteroatoms. The molecule has 3 aromatic rings. The number of hydrogen-bond acceptors (Lipinski definition) is 2. The summed E-state index contributed by atoms with van der Waals surface area (Å²) < 4.78 is 5.25. The van der Waals surface area contributed by atoms with Crippen LogP contribution in [0, 0.1) is 0 Å². The molecule has 0 aliphatic heterocycles. The van der Waals surface area contributed by atoms with E-state index in [1.807, 2.05) is 67.6 Å². The number of carbonyl (C=O) groups excluding carboxylic acids is 1. The zero-order valence-electron chi connectivity index (χ0n) is 12.3. The first kappa shape index (κ1) is 14.1. The lowest BCUT2D eigenvalue weighted by molar-refractivity contribution is 0.104. The molecular formula is C20H16O2. The van der Waals surface area contributed by atoms with Gasteiger partial charge in [-0.1, -0.05) is 42.5 Å². The lowest BCUT2D eigenvalue weighted by atomic mass is 10.0. The van der Waals surface area contributed by atoms with Gasteiger partial charge >= 0.3 is 0 Å². The Kier molecular flexibility index (Phi) is 4.01. The van der Waals surface area contributed by atoms with Crippen molar-refractivity contribution in [1.82, 2.24) is 0 Å². The molecule has 22 heavy (non-hydrogen) atoms. The third-order valence-electron chi connectivity index (χ3n) is 3.44. The van der Waals surface area contributed by atoms with Crippen molar-refractivity contribution in [3.63, 3.8) is 0 Å². The molecule has 1 heterocycles. The van der Waals surface area contributed by atoms with E-state index in [1.165, 1.54) is 0 Å². The Balaban J connectivity index is 1.79. The van der Waals surface area contributed by atoms with Crippen LogP contribution in [-0.4, -0.2) is 5.78 Å². The highest BCUT2D eigenvalue weighted by Crippen LogP contribution is 2.16. The molecular weight excluding hydrogens is 272 g/mol. The van der Waals surface area contributed by atoms with Crippen LogP contribution in [-0.2, 0) is 0 Å². The molecule has 0 atom stereocenters. The van der Waals surface area contributed by atoms with Gasteiger partial charge in [0.05, 0.1) is 6.26 Å². The molecule has 0 saturated heterocycles. The van der Waals surface area contributed by atoms with E-state index >= 15 is 0 Å². The van der Waals surface area contributed by atoms with Crippen LogP contribution in [0.4, 0.5) is 0 Å². The first-order valence-corrected chi connectivity index (χ1v) is 7.15. The number of allylic oxidation sites excluding steroid dienone is 3. The van der Waals surface area contributed by atoms with E-state index in [2.05, 4.69) is 0 Å². The summed E-state index contributed by atoms with van der Waals surface area (Å²) in [7, 11) is 0. The van der Waals surface area contributed by atoms with Gasteiger partial charge in [0.1, 0.15) is 5.76 Å². The van der Waals surface area contributed by atoms with E-state index in [0.717, 1.165) is 22.1 Å². The molecule has 0 aliphatic carbocycles. The third kappa shape index (κ3) is 3.23. The predicted octanol–water partition coefficient (Wildman–Crippen LogP) is 5.28. The molecule has 0 bridgehead atoms. The molecule has 108 valence electrons. The van der Waals surface area contributed by atoms with Crippen LogP contribution in [0.15, 0.2) is 83.0 Å². The minimum atomic E-state index is -0.00190. The summed E-state index contributed by atoms with van der Waals surface area (Å²) in [5.74, 6) is 0.776. The van der Waals surface area contributed by atoms with Crippen LogP contribution in [0.5, 0.6) is 0 Å². The minimum absolute atomic E-state index is 0.00190. The normalized spacial score (nSPS) is 12.1. The fraction of sp³-hybridized carbons (Fsp3) is 0.0500. The van der Waals surface area contributed by atoms with E-state index in [0.29, 0.717) is 5.56 Å². The van der Waals surface area contributed by atoms with Crippen molar-refractivity contribution < 1.29 is 9.21 Å². The number of ketones is 1. The van der Waals surface area contributed by atoms with E-state index < -0.39 is 0 Å². The number of rotatable bonds is 4. The summed E-state index contributed by atoms with van der Waals surface area (Å²) in [6, 6.07) is 17.5. The van der Waals surface area contributed by atoms with Gasteiger partial charge in [0, 0.05) is 5.56 Å². The summed E-state index contributed by atoms with van der Waals surface area (Å²) in [6.07, 6.45) is 6.92. The zero-order valence-corrected chi connectivity index (χ0v) is 12.3. The van der Waals surface area contributed by atoms with Crippen molar-refractivity contribution >= 4 is 22.6 Å². The van der Waals surface area contributed by atoms with E-state index in [9.17, 15) is 4.79 Å². The molecule has 0 saturated carbocycles. The van der Waals surface area contributed by atoms with Crippen LogP contribution >= 0.6 is 0 Å². The Hall–Kier alpha value is -2.87. The number of carbonyl (C=O) groups is 1. The number of furan rings is 1. The maximum Gasteiger partial charge on any atom is 0.185 e. The minimum Gasteiger partial charge on any atom is -0.465 e. The molecule has 0 aliphatic rings. The molecule has 0 radical (unpaired) electrons. The quantitative estimate of drug-likeness (QED) is 0.371. The van der Waals surface area contributed by atoms with E-state index in [1.54, 1.807) is 18.4 Å². The summed E-state index contributed by atoms with van der Waals surface area (Å²) in [6.45, 7) is 1.94. The summed E-state index contributed by atoms with van der Waals surface area (Å²) >= 11 is 0. The molecule has 0 unspecified atom stereocenters. The number of benzene rings is 2. The molecule has 2 aromatic carbocycles. The fourth-order valence-corrected chi connectivity index (χ4v) is 2.29. The van der Waals surface area contributed by atoms with Gasteiger partial charge in [0.15, 0.2) is 5.78 Å². The molecule has 0 spiro atoms. The fourth-order valence-electron chi connectivity index (χ4n) is 2.29.